The molecule has 0 unspecified atom stereocenters. The van der Waals surface area contributed by atoms with Gasteiger partial charge in [0.25, 0.3) is 0 Å². The minimum atomic E-state index is -5.08. The number of amides is 2. The molecule has 15 heteroatoms. The van der Waals surface area contributed by atoms with Gasteiger partial charge in [-0.15, -0.1) is 0 Å². The third-order valence-corrected chi connectivity index (χ3v) is 8.23. The van der Waals surface area contributed by atoms with Crippen LogP contribution in [0.15, 0.2) is 47.4 Å². The molecular formula is C27H31F6N3O5S. The number of carboxylic acid groups (broad SMARTS) is 1. The lowest BCUT2D eigenvalue weighted by molar-refractivity contribution is -0.192. The number of halogens is 6. The average Bonchev–Trinajstić information content (AvgIpc) is 3.25. The average molecular weight is 624 g/mol. The molecule has 1 aliphatic heterocycles. The molecule has 8 nitrogen and oxygen atoms in total. The van der Waals surface area contributed by atoms with Crippen molar-refractivity contribution in [3.63, 3.8) is 0 Å². The number of hydrogen-bond acceptors (Lipinski definition) is 6. The number of rotatable bonds is 6. The maximum Gasteiger partial charge on any atom is 0.490 e. The molecule has 2 amide bonds. The van der Waals surface area contributed by atoms with Crippen LogP contribution in [0.5, 0.6) is 11.5 Å². The lowest BCUT2D eigenvalue weighted by Crippen LogP contribution is -2.52. The molecule has 2 aromatic rings. The number of para-hydroxylation sites is 1. The van der Waals surface area contributed by atoms with Gasteiger partial charge in [0, 0.05) is 22.4 Å². The number of carbonyl (C=O) groups is 2. The summed E-state index contributed by atoms with van der Waals surface area (Å²) in [5, 5.41) is 12.7. The maximum atomic E-state index is 12.9. The van der Waals surface area contributed by atoms with E-state index in [9.17, 15) is 31.1 Å². The number of anilines is 1. The van der Waals surface area contributed by atoms with Gasteiger partial charge in [0.15, 0.2) is 11.5 Å². The third kappa shape index (κ3) is 8.15. The summed E-state index contributed by atoms with van der Waals surface area (Å²) in [4.78, 5) is 23.9. The first-order valence-electron chi connectivity index (χ1n) is 12.7. The number of likely N-dealkylation sites (N-methyl/N-ethyl adjacent to an activating group) is 1. The van der Waals surface area contributed by atoms with E-state index in [1.54, 1.807) is 20.3 Å². The van der Waals surface area contributed by atoms with Crippen LogP contribution in [0.4, 0.5) is 36.8 Å². The molecule has 1 saturated carbocycles. The van der Waals surface area contributed by atoms with Crippen molar-refractivity contribution in [1.82, 2.24) is 10.2 Å². The number of likely N-dealkylation sites (tertiary alicyclic amines) is 1. The smallest absolute Gasteiger partial charge is 0.490 e. The first kappa shape index (κ1) is 33.2. The van der Waals surface area contributed by atoms with Crippen molar-refractivity contribution >= 4 is 29.4 Å². The number of benzene rings is 2. The van der Waals surface area contributed by atoms with Crippen LogP contribution in [-0.4, -0.2) is 73.6 Å². The molecule has 0 spiro atoms. The van der Waals surface area contributed by atoms with Crippen molar-refractivity contribution in [3.8, 4) is 11.5 Å². The lowest BCUT2D eigenvalue weighted by Gasteiger charge is -2.45. The zero-order valence-corrected chi connectivity index (χ0v) is 23.8. The molecule has 2 fully saturated rings. The van der Waals surface area contributed by atoms with Gasteiger partial charge in [0.05, 0.1) is 19.9 Å². The van der Waals surface area contributed by atoms with E-state index in [-0.39, 0.29) is 39.8 Å². The number of ether oxygens (including phenoxy) is 2. The van der Waals surface area contributed by atoms with E-state index in [1.165, 1.54) is 23.8 Å². The Morgan fingerprint density at radius 2 is 1.67 bits per heavy atom. The Labute approximate surface area is 242 Å². The lowest BCUT2D eigenvalue weighted by atomic mass is 9.65. The molecule has 2 aromatic carbocycles. The Hall–Kier alpha value is -3.33. The van der Waals surface area contributed by atoms with Crippen molar-refractivity contribution in [2.24, 2.45) is 0 Å². The predicted octanol–water partition coefficient (Wildman–Crippen LogP) is 6.27. The standard InChI is InChI=1S/C25H30F3N3O3S.C2HF3O2/c1-31-13-12-24(16-8-9-19(33-2)20(14-16)34-3)11-10-17(15-22(24)31)29-23(32)30-18-6-4-5-7-21(18)35-25(26,27)28;3-2(4,5)1(6)7/h4-9,14,17,22H,10-13,15H2,1-3H3,(H2,29,30,32);(H,6,7)/t17-,22+,24+;/m1./s1. The molecule has 0 bridgehead atoms. The molecule has 0 radical (unpaired) electrons. The number of methoxy groups -OCH3 is 2. The van der Waals surface area contributed by atoms with Crippen LogP contribution in [-0.2, 0) is 10.2 Å². The fourth-order valence-corrected chi connectivity index (χ4v) is 6.15. The third-order valence-electron chi connectivity index (χ3n) is 7.42. The number of aliphatic carboxylic acids is 1. The molecule has 4 rings (SSSR count). The second-order valence-electron chi connectivity index (χ2n) is 9.89. The highest BCUT2D eigenvalue weighted by Gasteiger charge is 2.50. The van der Waals surface area contributed by atoms with Gasteiger partial charge in [0.2, 0.25) is 0 Å². The Morgan fingerprint density at radius 1 is 1.02 bits per heavy atom. The number of nitrogens with one attached hydrogen (secondary N) is 2. The Bertz CT molecular complexity index is 1260. The number of fused-ring (bicyclic) bond motifs is 1. The summed E-state index contributed by atoms with van der Waals surface area (Å²) >= 11 is -0.237. The largest absolute Gasteiger partial charge is 0.493 e. The van der Waals surface area contributed by atoms with Crippen LogP contribution < -0.4 is 20.1 Å². The molecule has 232 valence electrons. The summed E-state index contributed by atoms with van der Waals surface area (Å²) in [5.74, 6) is -1.37. The summed E-state index contributed by atoms with van der Waals surface area (Å²) in [5.41, 5.74) is -3.15. The van der Waals surface area contributed by atoms with E-state index < -0.39 is 23.7 Å². The molecule has 3 atom stereocenters. The molecule has 1 aliphatic carbocycles. The summed E-state index contributed by atoms with van der Waals surface area (Å²) < 4.78 is 81.3. The highest BCUT2D eigenvalue weighted by atomic mass is 32.2. The number of alkyl halides is 6. The topological polar surface area (TPSA) is 100 Å². The normalized spacial score (nSPS) is 22.3. The van der Waals surface area contributed by atoms with Gasteiger partial charge < -0.3 is 30.1 Å². The fourth-order valence-electron chi connectivity index (χ4n) is 5.52. The van der Waals surface area contributed by atoms with E-state index in [4.69, 9.17) is 19.4 Å². The summed E-state index contributed by atoms with van der Waals surface area (Å²) in [6.45, 7) is 0.944. The Kier molecular flexibility index (Phi) is 10.5. The van der Waals surface area contributed by atoms with Crippen molar-refractivity contribution in [1.29, 1.82) is 0 Å². The van der Waals surface area contributed by atoms with Crippen LogP contribution in [0.1, 0.15) is 31.2 Å². The number of nitrogens with zero attached hydrogens (tertiary/aromatic N) is 1. The van der Waals surface area contributed by atoms with Gasteiger partial charge in [-0.1, -0.05) is 18.2 Å². The molecule has 1 heterocycles. The minimum absolute atomic E-state index is 0.0400. The van der Waals surface area contributed by atoms with Crippen LogP contribution in [0.25, 0.3) is 0 Å². The van der Waals surface area contributed by atoms with Crippen molar-refractivity contribution in [2.45, 2.75) is 59.8 Å². The predicted molar refractivity (Wildman–Crippen MR) is 144 cm³/mol. The van der Waals surface area contributed by atoms with Crippen molar-refractivity contribution in [2.75, 3.05) is 33.1 Å². The molecular weight excluding hydrogens is 592 g/mol. The van der Waals surface area contributed by atoms with Gasteiger partial charge in [0.1, 0.15) is 0 Å². The van der Waals surface area contributed by atoms with Gasteiger partial charge in [-0.25, -0.2) is 9.59 Å². The monoisotopic (exact) mass is 623 g/mol. The SMILES string of the molecule is COc1ccc([C@@]23CC[C@@H](NC(=O)Nc4ccccc4SC(F)(F)F)C[C@@H]2N(C)CC3)cc1OC.O=C(O)C(F)(F)F. The summed E-state index contributed by atoms with van der Waals surface area (Å²) in [6.07, 6.45) is -1.68. The first-order chi connectivity index (χ1) is 19.6. The van der Waals surface area contributed by atoms with Gasteiger partial charge >= 0.3 is 23.7 Å². The highest BCUT2D eigenvalue weighted by Crippen LogP contribution is 2.50. The van der Waals surface area contributed by atoms with Gasteiger partial charge in [-0.3, -0.25) is 0 Å². The van der Waals surface area contributed by atoms with E-state index in [0.29, 0.717) is 11.5 Å². The number of thioether (sulfide) groups is 1. The molecule has 3 N–H and O–H groups in total. The molecule has 0 aromatic heterocycles. The second-order valence-corrected chi connectivity index (χ2v) is 11.0. The van der Waals surface area contributed by atoms with Gasteiger partial charge in [-0.2, -0.15) is 26.3 Å². The summed E-state index contributed by atoms with van der Waals surface area (Å²) in [7, 11) is 5.34. The molecule has 42 heavy (non-hydrogen) atoms. The van der Waals surface area contributed by atoms with Crippen LogP contribution in [0.3, 0.4) is 0 Å². The highest BCUT2D eigenvalue weighted by molar-refractivity contribution is 8.00. The number of carboxylic acids is 1. The van der Waals surface area contributed by atoms with Crippen molar-refractivity contribution in [3.05, 3.63) is 48.0 Å². The molecule has 2 aliphatic rings. The second kappa shape index (κ2) is 13.3. The zero-order valence-electron chi connectivity index (χ0n) is 22.9. The quantitative estimate of drug-likeness (QED) is 0.258. The number of carbonyl (C=O) groups excluding carboxylic acids is 1. The Balaban J connectivity index is 0.000000616. The number of urea groups is 1. The van der Waals surface area contributed by atoms with Crippen LogP contribution in [0.2, 0.25) is 0 Å². The minimum Gasteiger partial charge on any atom is -0.493 e. The zero-order chi connectivity index (χ0) is 31.3. The fraction of sp³-hybridized carbons (Fsp3) is 0.481. The van der Waals surface area contributed by atoms with E-state index in [1.807, 2.05) is 6.07 Å². The van der Waals surface area contributed by atoms with Crippen molar-refractivity contribution < 1.29 is 50.5 Å². The first-order valence-corrected chi connectivity index (χ1v) is 13.6. The molecule has 1 saturated heterocycles. The maximum absolute atomic E-state index is 12.9. The van der Waals surface area contributed by atoms with Crippen LogP contribution in [0, 0.1) is 0 Å². The van der Waals surface area contributed by atoms with E-state index in [0.717, 1.165) is 32.2 Å². The summed E-state index contributed by atoms with van der Waals surface area (Å²) in [6, 6.07) is 11.7. The Morgan fingerprint density at radius 3 is 2.26 bits per heavy atom. The van der Waals surface area contributed by atoms with E-state index >= 15 is 0 Å². The van der Waals surface area contributed by atoms with E-state index in [2.05, 4.69) is 34.7 Å². The van der Waals surface area contributed by atoms with Gasteiger partial charge in [-0.05, 0) is 80.9 Å². The number of hydrogen-bond donors (Lipinski definition) is 3. The van der Waals surface area contributed by atoms with Crippen LogP contribution >= 0.6 is 11.8 Å².